The van der Waals surface area contributed by atoms with E-state index in [2.05, 4.69) is 5.32 Å². The standard InChI is InChI=1S/C12H17FN2O3/c1-7(14)11(16)15-10(12(17)18)6-8-2-4-9(13)5-3-8/h2-5,7,10-11,15-16H,6,14H2,1H3,(H,17,18)/t7-,10+,11?/m0/s1. The van der Waals surface area contributed by atoms with Gasteiger partial charge in [-0.25, -0.2) is 4.39 Å². The number of hydrogen-bond donors (Lipinski definition) is 4. The monoisotopic (exact) mass is 256 g/mol. The Balaban J connectivity index is 2.69. The average Bonchev–Trinajstić information content (AvgIpc) is 2.30. The molecule has 0 spiro atoms. The van der Waals surface area contributed by atoms with Crippen LogP contribution in [-0.4, -0.2) is 34.5 Å². The van der Waals surface area contributed by atoms with Crippen LogP contribution in [0.4, 0.5) is 4.39 Å². The van der Waals surface area contributed by atoms with Crippen LogP contribution in [0.1, 0.15) is 12.5 Å². The van der Waals surface area contributed by atoms with Crippen LogP contribution in [0.15, 0.2) is 24.3 Å². The summed E-state index contributed by atoms with van der Waals surface area (Å²) in [5.41, 5.74) is 6.10. The lowest BCUT2D eigenvalue weighted by molar-refractivity contribution is -0.140. The minimum Gasteiger partial charge on any atom is -0.480 e. The minimum absolute atomic E-state index is 0.138. The van der Waals surface area contributed by atoms with Gasteiger partial charge in [-0.1, -0.05) is 12.1 Å². The summed E-state index contributed by atoms with van der Waals surface area (Å²) in [6, 6.07) is 3.97. The molecule has 0 aliphatic heterocycles. The Kier molecular flexibility index (Phi) is 5.21. The Morgan fingerprint density at radius 2 is 2.00 bits per heavy atom. The molecule has 0 bridgehead atoms. The molecule has 3 atom stereocenters. The lowest BCUT2D eigenvalue weighted by atomic mass is 10.1. The van der Waals surface area contributed by atoms with Crippen molar-refractivity contribution < 1.29 is 19.4 Å². The summed E-state index contributed by atoms with van der Waals surface area (Å²) in [5.74, 6) is -1.48. The van der Waals surface area contributed by atoms with Crippen molar-refractivity contribution in [2.45, 2.75) is 31.7 Å². The van der Waals surface area contributed by atoms with E-state index in [1.165, 1.54) is 24.3 Å². The third-order valence-electron chi connectivity index (χ3n) is 2.52. The van der Waals surface area contributed by atoms with Crippen molar-refractivity contribution in [3.63, 3.8) is 0 Å². The van der Waals surface area contributed by atoms with E-state index in [0.29, 0.717) is 5.56 Å². The van der Waals surface area contributed by atoms with Gasteiger partial charge in [0.25, 0.3) is 0 Å². The number of carboxylic acid groups (broad SMARTS) is 1. The molecule has 5 nitrogen and oxygen atoms in total. The fourth-order valence-corrected chi connectivity index (χ4v) is 1.43. The van der Waals surface area contributed by atoms with Gasteiger partial charge >= 0.3 is 5.97 Å². The number of halogens is 1. The second-order valence-corrected chi connectivity index (χ2v) is 4.19. The van der Waals surface area contributed by atoms with Gasteiger partial charge in [0.15, 0.2) is 0 Å². The van der Waals surface area contributed by atoms with Crippen LogP contribution in [-0.2, 0) is 11.2 Å². The summed E-state index contributed by atoms with van der Waals surface area (Å²) in [4.78, 5) is 11.0. The van der Waals surface area contributed by atoms with E-state index in [1.54, 1.807) is 6.92 Å². The van der Waals surface area contributed by atoms with E-state index in [4.69, 9.17) is 10.8 Å². The fraction of sp³-hybridized carbons (Fsp3) is 0.417. The molecule has 0 radical (unpaired) electrons. The van der Waals surface area contributed by atoms with E-state index in [0.717, 1.165) is 0 Å². The number of aliphatic carboxylic acids is 1. The van der Waals surface area contributed by atoms with Crippen molar-refractivity contribution in [3.8, 4) is 0 Å². The van der Waals surface area contributed by atoms with Gasteiger partial charge in [0.1, 0.15) is 18.1 Å². The number of carbonyl (C=O) groups is 1. The predicted octanol–water partition coefficient (Wildman–Crippen LogP) is 0.0766. The smallest absolute Gasteiger partial charge is 0.321 e. The lowest BCUT2D eigenvalue weighted by Gasteiger charge is -2.21. The topological polar surface area (TPSA) is 95.6 Å². The summed E-state index contributed by atoms with van der Waals surface area (Å²) in [6.07, 6.45) is -0.967. The molecule has 0 heterocycles. The summed E-state index contributed by atoms with van der Waals surface area (Å²) >= 11 is 0. The van der Waals surface area contributed by atoms with Gasteiger partial charge in [-0.15, -0.1) is 0 Å². The molecular formula is C12H17FN2O3. The van der Waals surface area contributed by atoms with E-state index in [1.807, 2.05) is 0 Å². The number of carboxylic acids is 1. The average molecular weight is 256 g/mol. The molecule has 0 saturated carbocycles. The zero-order valence-electron chi connectivity index (χ0n) is 10.0. The third-order valence-corrected chi connectivity index (χ3v) is 2.52. The molecule has 1 unspecified atom stereocenters. The summed E-state index contributed by atoms with van der Waals surface area (Å²) in [7, 11) is 0. The third kappa shape index (κ3) is 4.40. The molecule has 0 fully saturated rings. The van der Waals surface area contributed by atoms with Crippen molar-refractivity contribution in [1.29, 1.82) is 0 Å². The summed E-state index contributed by atoms with van der Waals surface area (Å²) < 4.78 is 12.7. The van der Waals surface area contributed by atoms with Crippen molar-refractivity contribution in [2.24, 2.45) is 5.73 Å². The highest BCUT2D eigenvalue weighted by atomic mass is 19.1. The van der Waals surface area contributed by atoms with Crippen LogP contribution in [0.25, 0.3) is 0 Å². The first-order valence-corrected chi connectivity index (χ1v) is 5.57. The molecule has 1 aromatic rings. The molecule has 0 aliphatic carbocycles. The van der Waals surface area contributed by atoms with Gasteiger partial charge < -0.3 is 15.9 Å². The number of aliphatic hydroxyl groups excluding tert-OH is 1. The first-order valence-electron chi connectivity index (χ1n) is 5.57. The quantitative estimate of drug-likeness (QED) is 0.540. The summed E-state index contributed by atoms with van der Waals surface area (Å²) in [5, 5.41) is 21.1. The Morgan fingerprint density at radius 1 is 1.44 bits per heavy atom. The molecular weight excluding hydrogens is 239 g/mol. The normalized spacial score (nSPS) is 16.0. The number of nitrogens with one attached hydrogen (secondary N) is 1. The van der Waals surface area contributed by atoms with E-state index in [-0.39, 0.29) is 12.2 Å². The van der Waals surface area contributed by atoms with Crippen LogP contribution < -0.4 is 11.1 Å². The Bertz CT molecular complexity index is 395. The molecule has 1 aromatic carbocycles. The van der Waals surface area contributed by atoms with Gasteiger partial charge in [0, 0.05) is 6.04 Å². The molecule has 18 heavy (non-hydrogen) atoms. The first kappa shape index (κ1) is 14.6. The van der Waals surface area contributed by atoms with Crippen molar-refractivity contribution in [3.05, 3.63) is 35.6 Å². The lowest BCUT2D eigenvalue weighted by Crippen LogP contribution is -2.51. The fourth-order valence-electron chi connectivity index (χ4n) is 1.43. The van der Waals surface area contributed by atoms with Gasteiger partial charge in [-0.05, 0) is 31.0 Å². The van der Waals surface area contributed by atoms with E-state index >= 15 is 0 Å². The number of hydrogen-bond acceptors (Lipinski definition) is 4. The number of nitrogens with two attached hydrogens (primary N) is 1. The van der Waals surface area contributed by atoms with Crippen molar-refractivity contribution >= 4 is 5.97 Å². The van der Waals surface area contributed by atoms with Crippen LogP contribution in [0.3, 0.4) is 0 Å². The maximum absolute atomic E-state index is 12.7. The zero-order chi connectivity index (χ0) is 13.7. The molecule has 0 amide bonds. The minimum atomic E-state index is -1.11. The number of aliphatic hydroxyl groups is 1. The maximum Gasteiger partial charge on any atom is 0.321 e. The SMILES string of the molecule is C[C@H](N)C(O)N[C@H](Cc1ccc(F)cc1)C(=O)O. The highest BCUT2D eigenvalue weighted by molar-refractivity contribution is 5.73. The molecule has 0 saturated heterocycles. The molecule has 1 rings (SSSR count). The first-order chi connectivity index (χ1) is 8.40. The second-order valence-electron chi connectivity index (χ2n) is 4.19. The van der Waals surface area contributed by atoms with Crippen LogP contribution >= 0.6 is 0 Å². The second kappa shape index (κ2) is 6.44. The molecule has 5 N–H and O–H groups in total. The van der Waals surface area contributed by atoms with E-state index in [9.17, 15) is 14.3 Å². The largest absolute Gasteiger partial charge is 0.480 e. The highest BCUT2D eigenvalue weighted by Gasteiger charge is 2.22. The van der Waals surface area contributed by atoms with Gasteiger partial charge in [0.05, 0.1) is 0 Å². The Hall–Kier alpha value is -1.50. The Morgan fingerprint density at radius 3 is 2.44 bits per heavy atom. The van der Waals surface area contributed by atoms with Crippen LogP contribution in [0.2, 0.25) is 0 Å². The van der Waals surface area contributed by atoms with Gasteiger partial charge in [0.2, 0.25) is 0 Å². The van der Waals surface area contributed by atoms with Gasteiger partial charge in [-0.2, -0.15) is 0 Å². The maximum atomic E-state index is 12.7. The predicted molar refractivity (Wildman–Crippen MR) is 64.3 cm³/mol. The van der Waals surface area contributed by atoms with Crippen LogP contribution in [0.5, 0.6) is 0 Å². The highest BCUT2D eigenvalue weighted by Crippen LogP contribution is 2.07. The zero-order valence-corrected chi connectivity index (χ0v) is 10.0. The van der Waals surface area contributed by atoms with Gasteiger partial charge in [-0.3, -0.25) is 10.1 Å². The van der Waals surface area contributed by atoms with Crippen LogP contribution in [0, 0.1) is 5.82 Å². The van der Waals surface area contributed by atoms with E-state index < -0.39 is 24.3 Å². The molecule has 0 aromatic heterocycles. The number of benzene rings is 1. The summed E-state index contributed by atoms with van der Waals surface area (Å²) in [6.45, 7) is 1.56. The number of rotatable bonds is 6. The Labute approximate surface area is 104 Å². The molecule has 0 aliphatic rings. The molecule has 100 valence electrons. The van der Waals surface area contributed by atoms with Crippen molar-refractivity contribution in [1.82, 2.24) is 5.32 Å². The van der Waals surface area contributed by atoms with Crippen molar-refractivity contribution in [2.75, 3.05) is 0 Å². The molecule has 6 heteroatoms.